The average Bonchev–Trinajstić information content (AvgIpc) is 2.67. The number of ether oxygens (including phenoxy) is 1. The van der Waals surface area contributed by atoms with Crippen LogP contribution in [-0.4, -0.2) is 17.6 Å². The largest absolute Gasteiger partial charge is 0.491 e. The molecule has 2 rings (SSSR count). The van der Waals surface area contributed by atoms with Crippen molar-refractivity contribution in [1.29, 1.82) is 0 Å². The van der Waals surface area contributed by atoms with Crippen LogP contribution >= 0.6 is 12.2 Å². The first kappa shape index (κ1) is 20.9. The van der Waals surface area contributed by atoms with Gasteiger partial charge in [0.25, 0.3) is 0 Å². The molecule has 0 atom stereocenters. The molecule has 5 heteroatoms. The Labute approximate surface area is 167 Å². The standard InChI is InChI=1S/C22H28N2O2S/c1-2-3-5-16-21(25)24-22(27)23-19-14-8-9-15-20(19)26-17-10-13-18-11-6-4-7-12-18/h4,6-9,11-12,14-15H,2-3,5,10,13,16-17H2,1H3,(H2,23,24,25,27). The van der Waals surface area contributed by atoms with E-state index in [-0.39, 0.29) is 5.91 Å². The first-order valence-corrected chi connectivity index (χ1v) is 9.96. The maximum Gasteiger partial charge on any atom is 0.226 e. The fraction of sp³-hybridized carbons (Fsp3) is 0.364. The van der Waals surface area contributed by atoms with Gasteiger partial charge < -0.3 is 15.4 Å². The molecular formula is C22H28N2O2S. The van der Waals surface area contributed by atoms with E-state index in [0.29, 0.717) is 18.1 Å². The maximum absolute atomic E-state index is 11.9. The topological polar surface area (TPSA) is 50.4 Å². The normalized spacial score (nSPS) is 10.3. The van der Waals surface area contributed by atoms with Gasteiger partial charge in [-0.15, -0.1) is 0 Å². The number of rotatable bonds is 10. The van der Waals surface area contributed by atoms with Crippen LogP contribution in [0.3, 0.4) is 0 Å². The molecule has 0 aliphatic rings. The molecule has 144 valence electrons. The molecule has 0 saturated heterocycles. The SMILES string of the molecule is CCCCCC(=O)NC(=S)Nc1ccccc1OCCCc1ccccc1. The van der Waals surface area contributed by atoms with Crippen molar-refractivity contribution in [2.45, 2.75) is 45.4 Å². The average molecular weight is 385 g/mol. The van der Waals surface area contributed by atoms with Gasteiger partial charge >= 0.3 is 0 Å². The van der Waals surface area contributed by atoms with Crippen molar-refractivity contribution in [3.8, 4) is 5.75 Å². The summed E-state index contributed by atoms with van der Waals surface area (Å²) in [6, 6.07) is 18.0. The van der Waals surface area contributed by atoms with Gasteiger partial charge in [0.05, 0.1) is 12.3 Å². The van der Waals surface area contributed by atoms with Crippen LogP contribution in [0.25, 0.3) is 0 Å². The zero-order chi connectivity index (χ0) is 19.3. The molecule has 0 saturated carbocycles. The van der Waals surface area contributed by atoms with E-state index >= 15 is 0 Å². The molecule has 0 aliphatic heterocycles. The number of thiocarbonyl (C=S) groups is 1. The van der Waals surface area contributed by atoms with Crippen LogP contribution in [-0.2, 0) is 11.2 Å². The first-order chi connectivity index (χ1) is 13.2. The number of carbonyl (C=O) groups excluding carboxylic acids is 1. The number of benzene rings is 2. The second-order valence-corrected chi connectivity index (χ2v) is 6.80. The van der Waals surface area contributed by atoms with Crippen molar-refractivity contribution in [3.05, 3.63) is 60.2 Å². The Morgan fingerprint density at radius 2 is 1.74 bits per heavy atom. The quantitative estimate of drug-likeness (QED) is 0.442. The molecule has 2 aromatic rings. The van der Waals surface area contributed by atoms with Crippen LogP contribution in [0.5, 0.6) is 5.75 Å². The second kappa shape index (κ2) is 12.1. The lowest BCUT2D eigenvalue weighted by Gasteiger charge is -2.14. The number of hydrogen-bond donors (Lipinski definition) is 2. The van der Waals surface area contributed by atoms with Crippen LogP contribution in [0.1, 0.15) is 44.6 Å². The van der Waals surface area contributed by atoms with Crippen molar-refractivity contribution in [1.82, 2.24) is 5.32 Å². The Morgan fingerprint density at radius 1 is 1.00 bits per heavy atom. The number of unbranched alkanes of at least 4 members (excludes halogenated alkanes) is 2. The van der Waals surface area contributed by atoms with E-state index in [2.05, 4.69) is 29.7 Å². The highest BCUT2D eigenvalue weighted by atomic mass is 32.1. The third kappa shape index (κ3) is 8.22. The summed E-state index contributed by atoms with van der Waals surface area (Å²) in [5.74, 6) is 0.676. The molecule has 0 aliphatic carbocycles. The third-order valence-corrected chi connectivity index (χ3v) is 4.31. The van der Waals surface area contributed by atoms with Gasteiger partial charge in [-0.25, -0.2) is 0 Å². The van der Waals surface area contributed by atoms with E-state index in [1.807, 2.05) is 42.5 Å². The number of amides is 1. The van der Waals surface area contributed by atoms with Crippen LogP contribution in [0.2, 0.25) is 0 Å². The van der Waals surface area contributed by atoms with Crippen molar-refractivity contribution in [2.24, 2.45) is 0 Å². The van der Waals surface area contributed by atoms with Gasteiger partial charge in [0.15, 0.2) is 5.11 Å². The molecule has 0 unspecified atom stereocenters. The maximum atomic E-state index is 11.9. The lowest BCUT2D eigenvalue weighted by Crippen LogP contribution is -2.34. The van der Waals surface area contributed by atoms with Gasteiger partial charge in [-0.2, -0.15) is 0 Å². The molecule has 0 heterocycles. The van der Waals surface area contributed by atoms with Crippen LogP contribution in [0, 0.1) is 0 Å². The summed E-state index contributed by atoms with van der Waals surface area (Å²) >= 11 is 5.25. The molecule has 0 bridgehead atoms. The number of aryl methyl sites for hydroxylation is 1. The van der Waals surface area contributed by atoms with Gasteiger partial charge in [0.2, 0.25) is 5.91 Å². The van der Waals surface area contributed by atoms with Crippen molar-refractivity contribution in [3.63, 3.8) is 0 Å². The zero-order valence-corrected chi connectivity index (χ0v) is 16.7. The minimum atomic E-state index is -0.0535. The van der Waals surface area contributed by atoms with E-state index in [0.717, 1.165) is 43.5 Å². The van der Waals surface area contributed by atoms with Gasteiger partial charge in [-0.1, -0.05) is 62.2 Å². The molecule has 0 aromatic heterocycles. The molecule has 2 N–H and O–H groups in total. The summed E-state index contributed by atoms with van der Waals surface area (Å²) < 4.78 is 5.91. The summed E-state index contributed by atoms with van der Waals surface area (Å²) in [7, 11) is 0. The lowest BCUT2D eigenvalue weighted by atomic mass is 10.1. The number of hydrogen-bond acceptors (Lipinski definition) is 3. The summed E-state index contributed by atoms with van der Waals surface area (Å²) in [4.78, 5) is 11.9. The van der Waals surface area contributed by atoms with Crippen molar-refractivity contribution in [2.75, 3.05) is 11.9 Å². The Hall–Kier alpha value is -2.40. The zero-order valence-electron chi connectivity index (χ0n) is 15.9. The monoisotopic (exact) mass is 384 g/mol. The Kier molecular flexibility index (Phi) is 9.35. The van der Waals surface area contributed by atoms with Crippen molar-refractivity contribution >= 4 is 28.9 Å². The number of carbonyl (C=O) groups is 1. The van der Waals surface area contributed by atoms with Crippen LogP contribution in [0.4, 0.5) is 5.69 Å². The minimum absolute atomic E-state index is 0.0535. The van der Waals surface area contributed by atoms with Gasteiger partial charge in [0, 0.05) is 6.42 Å². The Balaban J connectivity index is 1.78. The molecular weight excluding hydrogens is 356 g/mol. The molecule has 0 spiro atoms. The highest BCUT2D eigenvalue weighted by Gasteiger charge is 2.08. The number of anilines is 1. The fourth-order valence-electron chi connectivity index (χ4n) is 2.68. The van der Waals surface area contributed by atoms with Gasteiger partial charge in [0.1, 0.15) is 5.75 Å². The summed E-state index contributed by atoms with van der Waals surface area (Å²) in [6.07, 6.45) is 5.41. The first-order valence-electron chi connectivity index (χ1n) is 9.55. The summed E-state index contributed by atoms with van der Waals surface area (Å²) in [6.45, 7) is 2.73. The minimum Gasteiger partial charge on any atom is -0.491 e. The fourth-order valence-corrected chi connectivity index (χ4v) is 2.90. The Bertz CT molecular complexity index is 719. The van der Waals surface area contributed by atoms with Crippen LogP contribution < -0.4 is 15.4 Å². The van der Waals surface area contributed by atoms with Gasteiger partial charge in [-0.3, -0.25) is 4.79 Å². The highest BCUT2D eigenvalue weighted by Crippen LogP contribution is 2.24. The molecule has 1 amide bonds. The molecule has 0 fully saturated rings. The smallest absolute Gasteiger partial charge is 0.226 e. The van der Waals surface area contributed by atoms with E-state index in [4.69, 9.17) is 17.0 Å². The van der Waals surface area contributed by atoms with E-state index < -0.39 is 0 Å². The Morgan fingerprint density at radius 3 is 2.52 bits per heavy atom. The predicted molar refractivity (Wildman–Crippen MR) is 115 cm³/mol. The summed E-state index contributed by atoms with van der Waals surface area (Å²) in [5.41, 5.74) is 2.07. The van der Waals surface area contributed by atoms with Crippen molar-refractivity contribution < 1.29 is 9.53 Å². The molecule has 2 aromatic carbocycles. The molecule has 27 heavy (non-hydrogen) atoms. The van der Waals surface area contributed by atoms with Gasteiger partial charge in [-0.05, 0) is 49.2 Å². The number of nitrogens with one attached hydrogen (secondary N) is 2. The van der Waals surface area contributed by atoms with E-state index in [1.165, 1.54) is 5.56 Å². The third-order valence-electron chi connectivity index (χ3n) is 4.11. The molecule has 0 radical (unpaired) electrons. The predicted octanol–water partition coefficient (Wildman–Crippen LogP) is 5.09. The second-order valence-electron chi connectivity index (χ2n) is 6.39. The van der Waals surface area contributed by atoms with E-state index in [9.17, 15) is 4.79 Å². The van der Waals surface area contributed by atoms with Crippen LogP contribution in [0.15, 0.2) is 54.6 Å². The van der Waals surface area contributed by atoms with E-state index in [1.54, 1.807) is 0 Å². The molecule has 4 nitrogen and oxygen atoms in total. The number of para-hydroxylation sites is 2. The highest BCUT2D eigenvalue weighted by molar-refractivity contribution is 7.80. The lowest BCUT2D eigenvalue weighted by molar-refractivity contribution is -0.119. The summed E-state index contributed by atoms with van der Waals surface area (Å²) in [5, 5.41) is 6.10.